The van der Waals surface area contributed by atoms with Crippen molar-refractivity contribution >= 4 is 17.9 Å². The van der Waals surface area contributed by atoms with Gasteiger partial charge >= 0.3 is 17.9 Å². The molecule has 6 heteroatoms. The van der Waals surface area contributed by atoms with Crippen LogP contribution in [0.3, 0.4) is 0 Å². The largest absolute Gasteiger partial charge is 0.462 e. The normalized spacial score (nSPS) is 12.6. The molecule has 0 aromatic carbocycles. The molecule has 0 aromatic rings. The van der Waals surface area contributed by atoms with Crippen molar-refractivity contribution in [1.82, 2.24) is 0 Å². The molecule has 0 amide bonds. The van der Waals surface area contributed by atoms with Crippen LogP contribution in [0.1, 0.15) is 245 Å². The van der Waals surface area contributed by atoms with E-state index >= 15 is 0 Å². The fourth-order valence-corrected chi connectivity index (χ4v) is 7.06. The molecule has 0 radical (unpaired) electrons. The van der Waals surface area contributed by atoms with Crippen molar-refractivity contribution in [1.29, 1.82) is 0 Å². The van der Waals surface area contributed by atoms with Crippen LogP contribution in [0, 0.1) is 0 Å². The summed E-state index contributed by atoms with van der Waals surface area (Å²) in [6.07, 6.45) is 63.1. The van der Waals surface area contributed by atoms with Crippen LogP contribution in [0.15, 0.2) is 72.9 Å². The minimum atomic E-state index is -0.797. The van der Waals surface area contributed by atoms with Gasteiger partial charge in [0.2, 0.25) is 0 Å². The van der Waals surface area contributed by atoms with Crippen molar-refractivity contribution in [3.63, 3.8) is 0 Å². The first-order valence-corrected chi connectivity index (χ1v) is 26.0. The molecular weight excluding hydrogens is 769 g/mol. The van der Waals surface area contributed by atoms with Gasteiger partial charge < -0.3 is 14.2 Å². The van der Waals surface area contributed by atoms with Crippen LogP contribution >= 0.6 is 0 Å². The van der Waals surface area contributed by atoms with E-state index in [2.05, 4.69) is 93.7 Å². The third-order valence-electron chi connectivity index (χ3n) is 11.0. The van der Waals surface area contributed by atoms with Crippen molar-refractivity contribution in [3.8, 4) is 0 Å². The molecule has 0 aliphatic rings. The van der Waals surface area contributed by atoms with Gasteiger partial charge in [0.05, 0.1) is 0 Å². The molecule has 0 rings (SSSR count). The fourth-order valence-electron chi connectivity index (χ4n) is 7.06. The number of carbonyl (C=O) groups excluding carboxylic acids is 3. The number of ether oxygens (including phenoxy) is 3. The molecule has 0 aromatic heterocycles. The molecule has 0 aliphatic carbocycles. The van der Waals surface area contributed by atoms with E-state index in [0.29, 0.717) is 19.3 Å². The quantitative estimate of drug-likeness (QED) is 0.0199. The summed E-state index contributed by atoms with van der Waals surface area (Å²) in [5, 5.41) is 0. The molecule has 0 saturated heterocycles. The van der Waals surface area contributed by atoms with Gasteiger partial charge in [0.1, 0.15) is 13.2 Å². The molecule has 356 valence electrons. The van der Waals surface area contributed by atoms with Crippen LogP contribution in [0.25, 0.3) is 0 Å². The molecule has 1 unspecified atom stereocenters. The average Bonchev–Trinajstić information content (AvgIpc) is 3.27. The number of unbranched alkanes of at least 4 members (excludes halogenated alkanes) is 25. The molecule has 62 heavy (non-hydrogen) atoms. The first-order valence-electron chi connectivity index (χ1n) is 26.0. The molecule has 0 bridgehead atoms. The zero-order valence-electron chi connectivity index (χ0n) is 40.6. The van der Waals surface area contributed by atoms with E-state index < -0.39 is 6.10 Å². The zero-order valence-corrected chi connectivity index (χ0v) is 40.6. The minimum Gasteiger partial charge on any atom is -0.462 e. The van der Waals surface area contributed by atoms with Crippen molar-refractivity contribution in [2.45, 2.75) is 252 Å². The van der Waals surface area contributed by atoms with Crippen molar-refractivity contribution in [3.05, 3.63) is 72.9 Å². The van der Waals surface area contributed by atoms with Gasteiger partial charge in [-0.15, -0.1) is 0 Å². The van der Waals surface area contributed by atoms with Gasteiger partial charge in [0.25, 0.3) is 0 Å². The second kappa shape index (κ2) is 50.5. The average molecular weight is 865 g/mol. The van der Waals surface area contributed by atoms with Crippen LogP contribution in [-0.4, -0.2) is 37.2 Å². The summed E-state index contributed by atoms with van der Waals surface area (Å²) in [6.45, 7) is 6.46. The Hall–Kier alpha value is -3.15. The van der Waals surface area contributed by atoms with E-state index in [4.69, 9.17) is 14.2 Å². The summed E-state index contributed by atoms with van der Waals surface area (Å²) in [5.41, 5.74) is 0. The Morgan fingerprint density at radius 2 is 0.694 bits per heavy atom. The molecule has 0 N–H and O–H groups in total. The van der Waals surface area contributed by atoms with E-state index in [9.17, 15) is 14.4 Å². The zero-order chi connectivity index (χ0) is 45.1. The predicted molar refractivity (Wildman–Crippen MR) is 265 cm³/mol. The number of hydrogen-bond donors (Lipinski definition) is 0. The van der Waals surface area contributed by atoms with Gasteiger partial charge in [-0.05, 0) is 96.3 Å². The summed E-state index contributed by atoms with van der Waals surface area (Å²) in [6, 6.07) is 0. The third kappa shape index (κ3) is 47.9. The van der Waals surface area contributed by atoms with Crippen LogP contribution in [0.5, 0.6) is 0 Å². The molecular formula is C56H96O6. The lowest BCUT2D eigenvalue weighted by molar-refractivity contribution is -0.167. The smallest absolute Gasteiger partial charge is 0.306 e. The fraction of sp³-hybridized carbons (Fsp3) is 0.732. The van der Waals surface area contributed by atoms with Crippen molar-refractivity contribution in [2.24, 2.45) is 0 Å². The first kappa shape index (κ1) is 58.9. The second-order valence-electron chi connectivity index (χ2n) is 17.1. The summed E-state index contributed by atoms with van der Waals surface area (Å²) < 4.78 is 16.7. The Balaban J connectivity index is 4.44. The molecule has 1 atom stereocenters. The Morgan fingerprint density at radius 1 is 0.355 bits per heavy atom. The number of rotatable bonds is 46. The van der Waals surface area contributed by atoms with Crippen LogP contribution in [0.2, 0.25) is 0 Å². The second-order valence-corrected chi connectivity index (χ2v) is 17.1. The number of hydrogen-bond acceptors (Lipinski definition) is 6. The predicted octanol–water partition coefficient (Wildman–Crippen LogP) is 17.0. The van der Waals surface area contributed by atoms with Crippen molar-refractivity contribution < 1.29 is 28.6 Å². The SMILES string of the molecule is CC/C=C\C/C=C\CCCCCCCC(=O)OCC(COC(=O)CCCCCCC\C=C/C=C\C=C/CCCCCCC)OC(=O)CCCCC/C=C\CCCCCCCCC. The summed E-state index contributed by atoms with van der Waals surface area (Å²) in [7, 11) is 0. The standard InChI is InChI=1S/C56H96O6/c1-4-7-10-13-16-19-22-25-27-28-29-30-32-34-37-40-43-46-49-55(58)61-52-53(51-60-54(57)48-45-42-39-36-33-24-21-18-15-12-9-6-3)62-56(59)50-47-44-41-38-35-31-26-23-20-17-14-11-8-5-2/h9,12,18,21-22,25,27-31,35,53H,4-8,10-11,13-17,19-20,23-24,26,32-34,36-52H2,1-3H3/b12-9-,21-18-,25-22-,28-27-,30-29-,35-31-. The van der Waals surface area contributed by atoms with E-state index in [1.165, 1.54) is 77.0 Å². The van der Waals surface area contributed by atoms with Gasteiger partial charge in [-0.2, -0.15) is 0 Å². The van der Waals surface area contributed by atoms with Crippen LogP contribution in [-0.2, 0) is 28.6 Å². The third-order valence-corrected chi connectivity index (χ3v) is 11.0. The maximum Gasteiger partial charge on any atom is 0.306 e. The lowest BCUT2D eigenvalue weighted by Crippen LogP contribution is -2.30. The van der Waals surface area contributed by atoms with Gasteiger partial charge in [0, 0.05) is 19.3 Å². The highest BCUT2D eigenvalue weighted by molar-refractivity contribution is 5.71. The Morgan fingerprint density at radius 3 is 1.13 bits per heavy atom. The van der Waals surface area contributed by atoms with Gasteiger partial charge in [-0.25, -0.2) is 0 Å². The number of carbonyl (C=O) groups is 3. The molecule has 0 aliphatic heterocycles. The van der Waals surface area contributed by atoms with Crippen LogP contribution < -0.4 is 0 Å². The Bertz CT molecular complexity index is 1180. The minimum absolute atomic E-state index is 0.0959. The highest BCUT2D eigenvalue weighted by Gasteiger charge is 2.19. The van der Waals surface area contributed by atoms with E-state index in [0.717, 1.165) is 128 Å². The summed E-state index contributed by atoms with van der Waals surface area (Å²) in [4.78, 5) is 37.9. The van der Waals surface area contributed by atoms with Crippen molar-refractivity contribution in [2.75, 3.05) is 13.2 Å². The monoisotopic (exact) mass is 865 g/mol. The highest BCUT2D eigenvalue weighted by Crippen LogP contribution is 2.13. The van der Waals surface area contributed by atoms with E-state index in [1.54, 1.807) is 0 Å². The Labute approximate surface area is 382 Å². The van der Waals surface area contributed by atoms with E-state index in [-0.39, 0.29) is 31.1 Å². The summed E-state index contributed by atoms with van der Waals surface area (Å²) in [5.74, 6) is -0.945. The maximum absolute atomic E-state index is 12.8. The Kier molecular flexibility index (Phi) is 47.9. The van der Waals surface area contributed by atoms with Gasteiger partial charge in [0.15, 0.2) is 6.10 Å². The molecule has 0 heterocycles. The van der Waals surface area contributed by atoms with Gasteiger partial charge in [-0.1, -0.05) is 203 Å². The lowest BCUT2D eigenvalue weighted by atomic mass is 10.1. The topological polar surface area (TPSA) is 78.9 Å². The summed E-state index contributed by atoms with van der Waals surface area (Å²) >= 11 is 0. The highest BCUT2D eigenvalue weighted by atomic mass is 16.6. The molecule has 6 nitrogen and oxygen atoms in total. The maximum atomic E-state index is 12.8. The number of allylic oxidation sites excluding steroid dienone is 12. The number of esters is 3. The first-order chi connectivity index (χ1) is 30.5. The molecule has 0 spiro atoms. The molecule has 0 fully saturated rings. The van der Waals surface area contributed by atoms with E-state index in [1.807, 2.05) is 0 Å². The lowest BCUT2D eigenvalue weighted by Gasteiger charge is -2.18. The molecule has 0 saturated carbocycles. The van der Waals surface area contributed by atoms with Gasteiger partial charge in [-0.3, -0.25) is 14.4 Å². The van der Waals surface area contributed by atoms with Crippen LogP contribution in [0.4, 0.5) is 0 Å².